The highest BCUT2D eigenvalue weighted by Crippen LogP contribution is 2.27. The third-order valence-corrected chi connectivity index (χ3v) is 5.23. The molecule has 2 aromatic rings. The molecule has 1 aromatic carbocycles. The van der Waals surface area contributed by atoms with Gasteiger partial charge in [0.2, 0.25) is 0 Å². The molecule has 26 heavy (non-hydrogen) atoms. The highest BCUT2D eigenvalue weighted by Gasteiger charge is 2.13. The topological polar surface area (TPSA) is 92.8 Å². The highest BCUT2D eigenvalue weighted by molar-refractivity contribution is 7.12. The number of aliphatic hydroxyl groups excluding tert-OH is 1. The summed E-state index contributed by atoms with van der Waals surface area (Å²) in [7, 11) is 0. The lowest BCUT2D eigenvalue weighted by molar-refractivity contribution is 0.0697. The summed E-state index contributed by atoms with van der Waals surface area (Å²) in [6, 6.07) is 10.6. The maximum absolute atomic E-state index is 10.8. The molecule has 144 valence electrons. The standard InChI is InChI=1S/C19H25NO4S.ClH/c1-13(12-21)11-17(20)18-9-8-16(25-18)3-2-10-24-15-6-4-14(5-7-15)19(22)23;/h4-9,13,17,21H,2-3,10-12,20H2,1H3,(H,22,23);1H/t13-,17?;/m1./s1. The number of aromatic carboxylic acids is 1. The van der Waals surface area contributed by atoms with E-state index in [1.165, 1.54) is 17.0 Å². The molecule has 0 aliphatic heterocycles. The predicted molar refractivity (Wildman–Crippen MR) is 107 cm³/mol. The van der Waals surface area contributed by atoms with Crippen molar-refractivity contribution in [3.8, 4) is 5.75 Å². The fourth-order valence-electron chi connectivity index (χ4n) is 2.48. The van der Waals surface area contributed by atoms with Crippen molar-refractivity contribution in [1.29, 1.82) is 0 Å². The van der Waals surface area contributed by atoms with Crippen LogP contribution in [0, 0.1) is 5.92 Å². The van der Waals surface area contributed by atoms with Gasteiger partial charge in [0.05, 0.1) is 12.2 Å². The number of rotatable bonds is 10. The van der Waals surface area contributed by atoms with Gasteiger partial charge in [-0.15, -0.1) is 23.7 Å². The zero-order valence-corrected chi connectivity index (χ0v) is 16.4. The zero-order chi connectivity index (χ0) is 18.2. The van der Waals surface area contributed by atoms with Crippen LogP contribution in [-0.2, 0) is 6.42 Å². The number of carbonyl (C=O) groups is 1. The van der Waals surface area contributed by atoms with Gasteiger partial charge in [-0.25, -0.2) is 4.79 Å². The minimum atomic E-state index is -0.938. The number of carboxylic acid groups (broad SMARTS) is 1. The summed E-state index contributed by atoms with van der Waals surface area (Å²) in [6.07, 6.45) is 2.58. The van der Waals surface area contributed by atoms with Crippen molar-refractivity contribution in [3.05, 3.63) is 51.7 Å². The molecule has 0 bridgehead atoms. The zero-order valence-electron chi connectivity index (χ0n) is 14.8. The molecule has 0 radical (unpaired) electrons. The number of benzene rings is 1. The molecule has 1 unspecified atom stereocenters. The maximum Gasteiger partial charge on any atom is 0.335 e. The number of ether oxygens (including phenoxy) is 1. The van der Waals surface area contributed by atoms with Gasteiger partial charge < -0.3 is 20.7 Å². The first-order chi connectivity index (χ1) is 12.0. The van der Waals surface area contributed by atoms with Crippen LogP contribution in [-0.4, -0.2) is 29.4 Å². The molecule has 0 fully saturated rings. The monoisotopic (exact) mass is 399 g/mol. The normalized spacial score (nSPS) is 12.9. The van der Waals surface area contributed by atoms with Gasteiger partial charge in [0.1, 0.15) is 5.75 Å². The molecule has 2 rings (SSSR count). The Morgan fingerprint density at radius 2 is 1.92 bits per heavy atom. The van der Waals surface area contributed by atoms with Crippen LogP contribution in [0.5, 0.6) is 5.75 Å². The number of hydrogen-bond donors (Lipinski definition) is 3. The van der Waals surface area contributed by atoms with Crippen molar-refractivity contribution < 1.29 is 19.7 Å². The summed E-state index contributed by atoms with van der Waals surface area (Å²) in [5.41, 5.74) is 6.44. The number of aliphatic hydroxyl groups is 1. The van der Waals surface area contributed by atoms with Gasteiger partial charge in [0, 0.05) is 22.4 Å². The van der Waals surface area contributed by atoms with Crippen molar-refractivity contribution in [1.82, 2.24) is 0 Å². The molecule has 0 amide bonds. The Morgan fingerprint density at radius 1 is 1.23 bits per heavy atom. The van der Waals surface area contributed by atoms with E-state index < -0.39 is 5.97 Å². The Kier molecular flexibility index (Phi) is 9.65. The first-order valence-corrected chi connectivity index (χ1v) is 9.22. The smallest absolute Gasteiger partial charge is 0.335 e. The van der Waals surface area contributed by atoms with E-state index in [1.54, 1.807) is 23.5 Å². The molecular formula is C19H26ClNO4S. The van der Waals surface area contributed by atoms with E-state index in [0.717, 1.165) is 24.1 Å². The van der Waals surface area contributed by atoms with Crippen LogP contribution < -0.4 is 10.5 Å². The number of thiophene rings is 1. The minimum Gasteiger partial charge on any atom is -0.494 e. The minimum absolute atomic E-state index is 0. The average Bonchev–Trinajstić information content (AvgIpc) is 3.08. The van der Waals surface area contributed by atoms with E-state index in [0.29, 0.717) is 12.4 Å². The third kappa shape index (κ3) is 6.96. The van der Waals surface area contributed by atoms with Gasteiger partial charge in [-0.1, -0.05) is 6.92 Å². The molecule has 0 spiro atoms. The lowest BCUT2D eigenvalue weighted by Crippen LogP contribution is -2.14. The van der Waals surface area contributed by atoms with E-state index in [-0.39, 0.29) is 36.5 Å². The van der Waals surface area contributed by atoms with Crippen LogP contribution in [0.4, 0.5) is 0 Å². The second-order valence-electron chi connectivity index (χ2n) is 6.22. The third-order valence-electron chi connectivity index (χ3n) is 3.95. The maximum atomic E-state index is 10.8. The van der Waals surface area contributed by atoms with Gasteiger partial charge in [0.15, 0.2) is 0 Å². The number of aryl methyl sites for hydroxylation is 1. The summed E-state index contributed by atoms with van der Waals surface area (Å²) in [5, 5.41) is 18.0. The fourth-order valence-corrected chi connectivity index (χ4v) is 3.55. The van der Waals surface area contributed by atoms with E-state index in [1.807, 2.05) is 6.92 Å². The van der Waals surface area contributed by atoms with Crippen LogP contribution in [0.3, 0.4) is 0 Å². The van der Waals surface area contributed by atoms with Gasteiger partial charge in [0.25, 0.3) is 0 Å². The summed E-state index contributed by atoms with van der Waals surface area (Å²) < 4.78 is 5.64. The molecule has 7 heteroatoms. The van der Waals surface area contributed by atoms with Crippen molar-refractivity contribution in [3.63, 3.8) is 0 Å². The molecule has 0 saturated carbocycles. The van der Waals surface area contributed by atoms with Crippen LogP contribution >= 0.6 is 23.7 Å². The van der Waals surface area contributed by atoms with Crippen molar-refractivity contribution in [2.24, 2.45) is 11.7 Å². The molecule has 1 aromatic heterocycles. The average molecular weight is 400 g/mol. The van der Waals surface area contributed by atoms with E-state index >= 15 is 0 Å². The second kappa shape index (κ2) is 11.2. The largest absolute Gasteiger partial charge is 0.494 e. The number of carboxylic acids is 1. The van der Waals surface area contributed by atoms with Gasteiger partial charge >= 0.3 is 5.97 Å². The number of halogens is 1. The summed E-state index contributed by atoms with van der Waals surface area (Å²) in [4.78, 5) is 13.2. The quantitative estimate of drug-likeness (QED) is 0.527. The van der Waals surface area contributed by atoms with Crippen LogP contribution in [0.2, 0.25) is 0 Å². The number of hydrogen-bond acceptors (Lipinski definition) is 5. The summed E-state index contributed by atoms with van der Waals surface area (Å²) in [6.45, 7) is 2.73. The molecule has 0 aliphatic rings. The van der Waals surface area contributed by atoms with Gasteiger partial charge in [-0.05, 0) is 61.6 Å². The first-order valence-electron chi connectivity index (χ1n) is 8.40. The van der Waals surface area contributed by atoms with Crippen molar-refractivity contribution in [2.75, 3.05) is 13.2 Å². The number of nitrogens with two attached hydrogens (primary N) is 1. The lowest BCUT2D eigenvalue weighted by atomic mass is 10.0. The summed E-state index contributed by atoms with van der Waals surface area (Å²) >= 11 is 1.72. The SMILES string of the molecule is C[C@@H](CO)CC(N)c1ccc(CCCOc2ccc(C(=O)O)cc2)s1.Cl. The molecule has 0 saturated heterocycles. The first kappa shape index (κ1) is 22.4. The Bertz CT molecular complexity index is 674. The van der Waals surface area contributed by atoms with Crippen molar-refractivity contribution >= 4 is 29.7 Å². The Balaban J connectivity index is 0.00000338. The Labute approximate surface area is 164 Å². The summed E-state index contributed by atoms with van der Waals surface area (Å²) in [5.74, 6) is -0.0509. The molecular weight excluding hydrogens is 374 g/mol. The second-order valence-corrected chi connectivity index (χ2v) is 7.42. The fraction of sp³-hybridized carbons (Fsp3) is 0.421. The van der Waals surface area contributed by atoms with E-state index in [2.05, 4.69) is 12.1 Å². The molecule has 4 N–H and O–H groups in total. The molecule has 2 atom stereocenters. The van der Waals surface area contributed by atoms with Gasteiger partial charge in [-0.2, -0.15) is 0 Å². The van der Waals surface area contributed by atoms with Crippen LogP contribution in [0.1, 0.15) is 45.9 Å². The highest BCUT2D eigenvalue weighted by atomic mass is 35.5. The Hall–Kier alpha value is -1.60. The molecule has 0 aliphatic carbocycles. The predicted octanol–water partition coefficient (Wildman–Crippen LogP) is 3.90. The van der Waals surface area contributed by atoms with Gasteiger partial charge in [-0.3, -0.25) is 0 Å². The van der Waals surface area contributed by atoms with E-state index in [9.17, 15) is 4.79 Å². The van der Waals surface area contributed by atoms with Crippen molar-refractivity contribution in [2.45, 2.75) is 32.2 Å². The van der Waals surface area contributed by atoms with Crippen LogP contribution in [0.15, 0.2) is 36.4 Å². The molecule has 1 heterocycles. The van der Waals surface area contributed by atoms with E-state index in [4.69, 9.17) is 20.7 Å². The molecule has 5 nitrogen and oxygen atoms in total. The van der Waals surface area contributed by atoms with Crippen LogP contribution in [0.25, 0.3) is 0 Å². The Morgan fingerprint density at radius 3 is 2.54 bits per heavy atom. The lowest BCUT2D eigenvalue weighted by Gasteiger charge is -2.13.